The summed E-state index contributed by atoms with van der Waals surface area (Å²) >= 11 is 0. The van der Waals surface area contributed by atoms with E-state index >= 15 is 0 Å². The van der Waals surface area contributed by atoms with Gasteiger partial charge in [0, 0.05) is 25.3 Å². The molecular formula is C21H26O10. The van der Waals surface area contributed by atoms with Gasteiger partial charge in [-0.1, -0.05) is 6.58 Å². The lowest BCUT2D eigenvalue weighted by atomic mass is 9.82. The fourth-order valence-corrected chi connectivity index (χ4v) is 3.91. The van der Waals surface area contributed by atoms with Crippen molar-refractivity contribution in [1.82, 2.24) is 0 Å². The summed E-state index contributed by atoms with van der Waals surface area (Å²) in [6.07, 6.45) is 0.194. The quantitative estimate of drug-likeness (QED) is 0.308. The predicted molar refractivity (Wildman–Crippen MR) is 103 cm³/mol. The lowest BCUT2D eigenvalue weighted by molar-refractivity contribution is -0.298. The summed E-state index contributed by atoms with van der Waals surface area (Å²) < 4.78 is 21.6. The van der Waals surface area contributed by atoms with Gasteiger partial charge in [0.1, 0.15) is 24.1 Å². The Kier molecular flexibility index (Phi) is 5.87. The van der Waals surface area contributed by atoms with Gasteiger partial charge in [-0.25, -0.2) is 9.59 Å². The molecule has 1 saturated heterocycles. The minimum atomic E-state index is -1.96. The average Bonchev–Trinajstić information content (AvgIpc) is 3.14. The Bertz CT molecular complexity index is 898. The monoisotopic (exact) mass is 438 g/mol. The van der Waals surface area contributed by atoms with Crippen LogP contribution >= 0.6 is 0 Å². The van der Waals surface area contributed by atoms with Crippen LogP contribution in [0.2, 0.25) is 0 Å². The Morgan fingerprint density at radius 2 is 1.97 bits per heavy atom. The fraction of sp³-hybridized carbons (Fsp3) is 0.571. The van der Waals surface area contributed by atoms with Crippen molar-refractivity contribution >= 4 is 17.9 Å². The molecule has 10 heteroatoms. The maximum atomic E-state index is 12.6. The van der Waals surface area contributed by atoms with Crippen molar-refractivity contribution in [3.8, 4) is 0 Å². The van der Waals surface area contributed by atoms with Crippen LogP contribution in [0.1, 0.15) is 40.0 Å². The summed E-state index contributed by atoms with van der Waals surface area (Å²) in [5.74, 6) is -4.36. The normalized spacial score (nSPS) is 34.7. The van der Waals surface area contributed by atoms with E-state index in [1.165, 1.54) is 19.9 Å². The number of carbonyl (C=O) groups is 3. The molecule has 0 aromatic heterocycles. The number of ether oxygens (including phenoxy) is 4. The van der Waals surface area contributed by atoms with Gasteiger partial charge in [-0.2, -0.15) is 0 Å². The molecule has 0 aliphatic carbocycles. The molecule has 0 amide bonds. The zero-order valence-corrected chi connectivity index (χ0v) is 17.6. The third-order valence-electron chi connectivity index (χ3n) is 5.73. The molecule has 170 valence electrons. The molecule has 3 aliphatic rings. The van der Waals surface area contributed by atoms with Crippen LogP contribution in [-0.4, -0.2) is 69.5 Å². The van der Waals surface area contributed by atoms with Crippen molar-refractivity contribution in [2.75, 3.05) is 13.2 Å². The lowest BCUT2D eigenvalue weighted by Gasteiger charge is -2.40. The van der Waals surface area contributed by atoms with E-state index in [-0.39, 0.29) is 35.3 Å². The maximum absolute atomic E-state index is 12.6. The number of hydrogen-bond acceptors (Lipinski definition) is 10. The van der Waals surface area contributed by atoms with Crippen LogP contribution in [-0.2, 0) is 33.3 Å². The highest BCUT2D eigenvalue weighted by molar-refractivity contribution is 5.96. The molecule has 3 rings (SSSR count). The summed E-state index contributed by atoms with van der Waals surface area (Å²) in [5.41, 5.74) is -3.24. The second-order valence-corrected chi connectivity index (χ2v) is 8.40. The first-order valence-electron chi connectivity index (χ1n) is 9.77. The Hall–Kier alpha value is -2.53. The van der Waals surface area contributed by atoms with E-state index in [2.05, 4.69) is 6.58 Å². The van der Waals surface area contributed by atoms with Crippen LogP contribution in [0.15, 0.2) is 35.1 Å². The molecule has 3 heterocycles. The van der Waals surface area contributed by atoms with Crippen LogP contribution in [0.25, 0.3) is 0 Å². The molecule has 0 spiro atoms. The molecule has 31 heavy (non-hydrogen) atoms. The van der Waals surface area contributed by atoms with E-state index in [1.807, 2.05) is 0 Å². The summed E-state index contributed by atoms with van der Waals surface area (Å²) in [6, 6.07) is 0. The number of aliphatic hydroxyl groups excluding tert-OH is 1. The smallest absolute Gasteiger partial charge is 0.343 e. The highest BCUT2D eigenvalue weighted by atomic mass is 16.7. The molecule has 0 aromatic carbocycles. The molecule has 0 radical (unpaired) electrons. The van der Waals surface area contributed by atoms with Gasteiger partial charge < -0.3 is 34.3 Å². The van der Waals surface area contributed by atoms with Crippen LogP contribution in [0.3, 0.4) is 0 Å². The number of hydrogen-bond donors (Lipinski definition) is 3. The molecule has 10 nitrogen and oxygen atoms in total. The molecule has 4 unspecified atom stereocenters. The Morgan fingerprint density at radius 3 is 2.58 bits per heavy atom. The number of aliphatic hydroxyl groups is 3. The first kappa shape index (κ1) is 23.1. The number of rotatable bonds is 5. The van der Waals surface area contributed by atoms with Crippen LogP contribution in [0.5, 0.6) is 0 Å². The van der Waals surface area contributed by atoms with Crippen LogP contribution in [0, 0.1) is 0 Å². The highest BCUT2D eigenvalue weighted by Crippen LogP contribution is 2.49. The fourth-order valence-electron chi connectivity index (χ4n) is 3.91. The summed E-state index contributed by atoms with van der Waals surface area (Å²) in [6.45, 7) is 6.47. The van der Waals surface area contributed by atoms with Gasteiger partial charge in [0.25, 0.3) is 0 Å². The SMILES string of the molecule is C=C(CO)C(=O)OC1CC(C)(O)C2(O)CCC(C)(C=C3OC(=O)C(COC(C)=O)=C31)O2. The van der Waals surface area contributed by atoms with Gasteiger partial charge >= 0.3 is 17.9 Å². The summed E-state index contributed by atoms with van der Waals surface area (Å²) in [5, 5.41) is 31.4. The van der Waals surface area contributed by atoms with Gasteiger partial charge in [0.05, 0.1) is 23.4 Å². The summed E-state index contributed by atoms with van der Waals surface area (Å²) in [4.78, 5) is 36.2. The Labute approximate surface area is 178 Å². The van der Waals surface area contributed by atoms with Crippen LogP contribution in [0.4, 0.5) is 0 Å². The largest absolute Gasteiger partial charge is 0.461 e. The third-order valence-corrected chi connectivity index (χ3v) is 5.73. The van der Waals surface area contributed by atoms with Crippen LogP contribution < -0.4 is 0 Å². The third kappa shape index (κ3) is 4.29. The number of fused-ring (bicyclic) bond motifs is 3. The van der Waals surface area contributed by atoms with E-state index in [4.69, 9.17) is 18.9 Å². The van der Waals surface area contributed by atoms with Gasteiger partial charge in [0.15, 0.2) is 5.79 Å². The zero-order chi connectivity index (χ0) is 23.2. The summed E-state index contributed by atoms with van der Waals surface area (Å²) in [7, 11) is 0. The zero-order valence-electron chi connectivity index (χ0n) is 17.6. The van der Waals surface area contributed by atoms with Gasteiger partial charge in [0.2, 0.25) is 0 Å². The predicted octanol–water partition coefficient (Wildman–Crippen LogP) is 0.159. The average molecular weight is 438 g/mol. The van der Waals surface area contributed by atoms with E-state index in [0.29, 0.717) is 6.42 Å². The van der Waals surface area contributed by atoms with Crippen molar-refractivity contribution in [3.63, 3.8) is 0 Å². The van der Waals surface area contributed by atoms with Gasteiger partial charge in [-0.15, -0.1) is 0 Å². The topological polar surface area (TPSA) is 149 Å². The van der Waals surface area contributed by atoms with Crippen molar-refractivity contribution in [2.24, 2.45) is 0 Å². The van der Waals surface area contributed by atoms with Crippen molar-refractivity contribution in [1.29, 1.82) is 0 Å². The minimum absolute atomic E-state index is 0.0176. The number of carbonyl (C=O) groups excluding carboxylic acids is 3. The minimum Gasteiger partial charge on any atom is -0.461 e. The standard InChI is InChI=1S/C21H26O10/c1-11(9-22)17(24)29-15-8-20(4,26)21(27)6-5-19(3,31-21)7-14-16(15)13(18(25)30-14)10-28-12(2)23/h7,15,22,26-27H,1,5-6,8-10H2,2-4H3. The van der Waals surface area contributed by atoms with Gasteiger partial charge in [-0.3, -0.25) is 4.79 Å². The second-order valence-electron chi connectivity index (χ2n) is 8.40. The molecule has 2 bridgehead atoms. The number of esters is 3. The van der Waals surface area contributed by atoms with E-state index in [1.54, 1.807) is 6.92 Å². The van der Waals surface area contributed by atoms with E-state index in [9.17, 15) is 29.7 Å². The molecule has 3 aliphatic heterocycles. The molecule has 3 N–H and O–H groups in total. The Balaban J connectivity index is 2.16. The molecule has 0 aromatic rings. The lowest BCUT2D eigenvalue weighted by Crippen LogP contribution is -2.54. The van der Waals surface area contributed by atoms with Gasteiger partial charge in [-0.05, 0) is 26.3 Å². The van der Waals surface area contributed by atoms with Crippen molar-refractivity contribution in [2.45, 2.75) is 63.1 Å². The van der Waals surface area contributed by atoms with Crippen molar-refractivity contribution < 1.29 is 48.7 Å². The second kappa shape index (κ2) is 7.86. The first-order valence-corrected chi connectivity index (χ1v) is 9.77. The first-order chi connectivity index (χ1) is 14.3. The molecule has 1 fully saturated rings. The van der Waals surface area contributed by atoms with Crippen molar-refractivity contribution in [3.05, 3.63) is 35.1 Å². The maximum Gasteiger partial charge on any atom is 0.343 e. The Morgan fingerprint density at radius 1 is 1.29 bits per heavy atom. The highest BCUT2D eigenvalue weighted by Gasteiger charge is 2.58. The molecular weight excluding hydrogens is 412 g/mol. The van der Waals surface area contributed by atoms with E-state index < -0.39 is 54.2 Å². The van der Waals surface area contributed by atoms with E-state index in [0.717, 1.165) is 0 Å². The molecule has 0 saturated carbocycles. The molecule has 4 atom stereocenters.